The monoisotopic (exact) mass is 522 g/mol. The number of unbranched alkanes of at least 4 members (excludes halogenated alkanes) is 2. The Hall–Kier alpha value is -0.0400. The van der Waals surface area contributed by atoms with Crippen LogP contribution in [0.4, 0.5) is 48.3 Å². The highest BCUT2D eigenvalue weighted by Crippen LogP contribution is 2.59. The van der Waals surface area contributed by atoms with Gasteiger partial charge in [0, 0.05) is 9.84 Å². The third-order valence-electron chi connectivity index (χ3n) is 3.99. The van der Waals surface area contributed by atoms with E-state index in [0.717, 1.165) is 6.92 Å². The van der Waals surface area contributed by atoms with E-state index in [1.807, 2.05) is 0 Å². The van der Waals surface area contributed by atoms with Crippen molar-refractivity contribution in [1.82, 2.24) is 0 Å². The molecule has 0 nitrogen and oxygen atoms in total. The molecule has 0 aliphatic carbocycles. The summed E-state index contributed by atoms with van der Waals surface area (Å²) in [6.07, 6.45) is -6.57. The lowest BCUT2D eigenvalue weighted by Gasteiger charge is -2.41. The van der Waals surface area contributed by atoms with Gasteiger partial charge in [0.1, 0.15) is 0 Å². The fraction of sp³-hybridized carbons (Fsp3) is 1.00. The maximum absolute atomic E-state index is 14.1. The van der Waals surface area contributed by atoms with Gasteiger partial charge in [-0.05, 0) is 12.8 Å². The summed E-state index contributed by atoms with van der Waals surface area (Å²) in [5, 5.41) is 0. The zero-order chi connectivity index (χ0) is 21.2. The Bertz CT molecular complexity index is 445. The topological polar surface area (TPSA) is 0 Å². The Kier molecular flexibility index (Phi) is 8.53. The second-order valence-electron chi connectivity index (χ2n) is 5.87. The van der Waals surface area contributed by atoms with Crippen LogP contribution in [0.1, 0.15) is 46.0 Å². The molecule has 0 aromatic heterocycles. The van der Waals surface area contributed by atoms with Crippen molar-refractivity contribution in [3.05, 3.63) is 0 Å². The average molecular weight is 522 g/mol. The van der Waals surface area contributed by atoms with E-state index < -0.39 is 46.1 Å². The van der Waals surface area contributed by atoms with Crippen LogP contribution in [0, 0.1) is 5.92 Å². The van der Waals surface area contributed by atoms with Gasteiger partial charge in [-0.15, -0.1) is 0 Å². The van der Waals surface area contributed by atoms with E-state index in [1.165, 1.54) is 22.6 Å². The molecule has 0 saturated carbocycles. The first-order valence-corrected chi connectivity index (χ1v) is 8.90. The fourth-order valence-electron chi connectivity index (χ4n) is 2.35. The Balaban J connectivity index is 5.89. The van der Waals surface area contributed by atoms with Crippen molar-refractivity contribution >= 4 is 22.6 Å². The SMILES string of the molecule is CCCCCC(I)C(CC)C(F)(F)C(F)(F)C(F)(F)C(F)(F)C(F)(F)F. The van der Waals surface area contributed by atoms with Gasteiger partial charge < -0.3 is 0 Å². The molecule has 0 heterocycles. The lowest BCUT2D eigenvalue weighted by Crippen LogP contribution is -2.68. The van der Waals surface area contributed by atoms with Crippen molar-refractivity contribution in [1.29, 1.82) is 0 Å². The third kappa shape index (κ3) is 4.50. The lowest BCUT2D eigenvalue weighted by molar-refractivity contribution is -0.426. The molecule has 0 aromatic carbocycles. The molecule has 0 aliphatic heterocycles. The van der Waals surface area contributed by atoms with Crippen LogP contribution in [-0.2, 0) is 0 Å². The molecule has 0 rings (SSSR count). The predicted octanol–water partition coefficient (Wildman–Crippen LogP) is 7.50. The van der Waals surface area contributed by atoms with Crippen molar-refractivity contribution in [2.45, 2.75) is 79.7 Å². The van der Waals surface area contributed by atoms with Gasteiger partial charge in [0.25, 0.3) is 0 Å². The number of rotatable bonds is 10. The van der Waals surface area contributed by atoms with E-state index in [1.54, 1.807) is 6.92 Å². The van der Waals surface area contributed by atoms with Crippen molar-refractivity contribution < 1.29 is 48.3 Å². The largest absolute Gasteiger partial charge is 0.460 e. The smallest absolute Gasteiger partial charge is 0.199 e. The Morgan fingerprint density at radius 1 is 0.692 bits per heavy atom. The number of hydrogen-bond acceptors (Lipinski definition) is 0. The standard InChI is InChI=1S/C14H18F11I/c1-3-5-6-7-9(26)8(4-2)10(15,16)11(17,18)12(19,20)13(21,22)14(23,24)25/h8-9H,3-7H2,1-2H3. The molecule has 0 spiro atoms. The average Bonchev–Trinajstić information content (AvgIpc) is 2.46. The van der Waals surface area contributed by atoms with Crippen LogP contribution in [0.15, 0.2) is 0 Å². The lowest BCUT2D eigenvalue weighted by atomic mass is 9.84. The highest BCUT2D eigenvalue weighted by molar-refractivity contribution is 14.1. The van der Waals surface area contributed by atoms with Crippen LogP contribution in [0.25, 0.3) is 0 Å². The molecule has 158 valence electrons. The highest BCUT2D eigenvalue weighted by atomic mass is 127. The first kappa shape index (κ1) is 26.0. The van der Waals surface area contributed by atoms with E-state index in [9.17, 15) is 48.3 Å². The van der Waals surface area contributed by atoms with Crippen LogP contribution < -0.4 is 0 Å². The van der Waals surface area contributed by atoms with Crippen molar-refractivity contribution in [2.75, 3.05) is 0 Å². The summed E-state index contributed by atoms with van der Waals surface area (Å²) in [7, 11) is 0. The van der Waals surface area contributed by atoms with Crippen LogP contribution in [0.5, 0.6) is 0 Å². The minimum absolute atomic E-state index is 0.0974. The summed E-state index contributed by atoms with van der Waals surface area (Å²) >= 11 is 1.31. The second kappa shape index (κ2) is 8.54. The molecule has 0 bridgehead atoms. The minimum atomic E-state index is -7.33. The van der Waals surface area contributed by atoms with Crippen molar-refractivity contribution in [2.24, 2.45) is 5.92 Å². The third-order valence-corrected chi connectivity index (χ3v) is 5.48. The van der Waals surface area contributed by atoms with Crippen molar-refractivity contribution in [3.63, 3.8) is 0 Å². The van der Waals surface area contributed by atoms with Crippen LogP contribution in [0.3, 0.4) is 0 Å². The molecule has 2 atom stereocenters. The first-order valence-electron chi connectivity index (χ1n) is 7.65. The summed E-state index contributed by atoms with van der Waals surface area (Å²) < 4.78 is 143. The molecule has 12 heteroatoms. The molecule has 0 aromatic rings. The maximum atomic E-state index is 14.1. The summed E-state index contributed by atoms with van der Waals surface area (Å²) in [5.41, 5.74) is 0. The van der Waals surface area contributed by atoms with Gasteiger partial charge in [0.15, 0.2) is 0 Å². The highest BCUT2D eigenvalue weighted by Gasteiger charge is 2.87. The first-order chi connectivity index (χ1) is 11.4. The van der Waals surface area contributed by atoms with E-state index in [-0.39, 0.29) is 12.8 Å². The zero-order valence-corrected chi connectivity index (χ0v) is 15.9. The molecule has 0 saturated heterocycles. The summed E-state index contributed by atoms with van der Waals surface area (Å²) in [4.78, 5) is 0. The Morgan fingerprint density at radius 3 is 1.50 bits per heavy atom. The Labute approximate surface area is 157 Å². The molecule has 0 amide bonds. The number of alkyl halides is 12. The summed E-state index contributed by atoms with van der Waals surface area (Å²) in [6.45, 7) is 2.70. The number of hydrogen-bond donors (Lipinski definition) is 0. The fourth-order valence-corrected chi connectivity index (χ4v) is 3.75. The van der Waals surface area contributed by atoms with Gasteiger partial charge in [-0.1, -0.05) is 55.7 Å². The molecular weight excluding hydrogens is 504 g/mol. The van der Waals surface area contributed by atoms with Gasteiger partial charge in [-0.25, -0.2) is 0 Å². The predicted molar refractivity (Wildman–Crippen MR) is 81.6 cm³/mol. The molecular formula is C14H18F11I. The molecule has 0 radical (unpaired) electrons. The van der Waals surface area contributed by atoms with E-state index in [2.05, 4.69) is 0 Å². The van der Waals surface area contributed by atoms with Crippen LogP contribution >= 0.6 is 22.6 Å². The summed E-state index contributed by atoms with van der Waals surface area (Å²) in [6, 6.07) is 0. The molecule has 26 heavy (non-hydrogen) atoms. The van der Waals surface area contributed by atoms with Gasteiger partial charge in [0.2, 0.25) is 0 Å². The van der Waals surface area contributed by atoms with Crippen LogP contribution in [-0.4, -0.2) is 33.8 Å². The van der Waals surface area contributed by atoms with Gasteiger partial charge in [-0.2, -0.15) is 48.3 Å². The van der Waals surface area contributed by atoms with E-state index in [4.69, 9.17) is 0 Å². The minimum Gasteiger partial charge on any atom is -0.199 e. The van der Waals surface area contributed by atoms with Gasteiger partial charge in [0.05, 0.1) is 0 Å². The zero-order valence-electron chi connectivity index (χ0n) is 13.7. The maximum Gasteiger partial charge on any atom is 0.460 e. The molecule has 0 fully saturated rings. The number of halogens is 12. The van der Waals surface area contributed by atoms with Gasteiger partial charge in [-0.3, -0.25) is 0 Å². The molecule has 2 unspecified atom stereocenters. The van der Waals surface area contributed by atoms with Gasteiger partial charge >= 0.3 is 29.9 Å². The molecule has 0 N–H and O–H groups in total. The summed E-state index contributed by atoms with van der Waals surface area (Å²) in [5.74, 6) is -29.8. The van der Waals surface area contributed by atoms with E-state index in [0.29, 0.717) is 12.8 Å². The van der Waals surface area contributed by atoms with E-state index >= 15 is 0 Å². The van der Waals surface area contributed by atoms with Crippen molar-refractivity contribution in [3.8, 4) is 0 Å². The van der Waals surface area contributed by atoms with Crippen LogP contribution in [0.2, 0.25) is 0 Å². The second-order valence-corrected chi connectivity index (χ2v) is 7.47. The quantitative estimate of drug-likeness (QED) is 0.121. The Morgan fingerprint density at radius 2 is 1.15 bits per heavy atom. The molecule has 0 aliphatic rings. The normalized spacial score (nSPS) is 17.3.